The van der Waals surface area contributed by atoms with Crippen LogP contribution in [0.5, 0.6) is 0 Å². The number of carbonyl (C=O) groups is 1. The minimum absolute atomic E-state index is 0.0445. The van der Waals surface area contributed by atoms with E-state index in [1.807, 2.05) is 47.4 Å². The highest BCUT2D eigenvalue weighted by Crippen LogP contribution is 2.29. The third-order valence-corrected chi connectivity index (χ3v) is 6.81. The van der Waals surface area contributed by atoms with Crippen LogP contribution in [-0.4, -0.2) is 49.0 Å². The number of hydrogen-bond acceptors (Lipinski definition) is 4. The van der Waals surface area contributed by atoms with E-state index in [0.29, 0.717) is 6.42 Å². The zero-order chi connectivity index (χ0) is 23.7. The van der Waals surface area contributed by atoms with Crippen molar-refractivity contribution in [2.75, 3.05) is 36.0 Å². The Kier molecular flexibility index (Phi) is 6.29. The maximum atomic E-state index is 13.7. The van der Waals surface area contributed by atoms with Crippen LogP contribution in [0.4, 0.5) is 11.4 Å². The smallest absolute Gasteiger partial charge is 0.259 e. The van der Waals surface area contributed by atoms with Crippen LogP contribution in [0.3, 0.4) is 0 Å². The Balaban J connectivity index is 1.42. The molecule has 6 heteroatoms. The summed E-state index contributed by atoms with van der Waals surface area (Å²) in [5.41, 5.74) is 5.44. The predicted molar refractivity (Wildman–Crippen MR) is 140 cm³/mol. The van der Waals surface area contributed by atoms with Crippen LogP contribution >= 0.6 is 11.6 Å². The molecule has 174 valence electrons. The fraction of sp³-hybridized carbons (Fsp3) is 0.286. The molecule has 1 saturated heterocycles. The zero-order valence-corrected chi connectivity index (χ0v) is 20.4. The lowest BCUT2D eigenvalue weighted by Gasteiger charge is -2.39. The molecule has 1 fully saturated rings. The van der Waals surface area contributed by atoms with Gasteiger partial charge >= 0.3 is 0 Å². The Morgan fingerprint density at radius 2 is 1.62 bits per heavy atom. The molecule has 0 aliphatic carbocycles. The van der Waals surface area contributed by atoms with E-state index in [0.717, 1.165) is 59.7 Å². The number of aliphatic imine (C=N–C) groups is 1. The van der Waals surface area contributed by atoms with Crippen molar-refractivity contribution in [3.8, 4) is 0 Å². The molecule has 1 unspecified atom stereocenters. The van der Waals surface area contributed by atoms with Gasteiger partial charge in [-0.05, 0) is 49.2 Å². The Morgan fingerprint density at radius 3 is 2.32 bits per heavy atom. The van der Waals surface area contributed by atoms with E-state index in [1.165, 1.54) is 5.56 Å². The minimum atomic E-state index is -0.413. The van der Waals surface area contributed by atoms with Crippen LogP contribution in [0.15, 0.2) is 77.8 Å². The molecule has 34 heavy (non-hydrogen) atoms. The Hall–Kier alpha value is -3.31. The van der Waals surface area contributed by atoms with Crippen molar-refractivity contribution in [1.29, 1.82) is 0 Å². The first kappa shape index (κ1) is 22.5. The maximum absolute atomic E-state index is 13.7. The summed E-state index contributed by atoms with van der Waals surface area (Å²) in [5.74, 6) is 0.812. The lowest BCUT2D eigenvalue weighted by Crippen LogP contribution is -2.53. The molecule has 0 bridgehead atoms. The van der Waals surface area contributed by atoms with Crippen molar-refractivity contribution in [1.82, 2.24) is 4.90 Å². The zero-order valence-electron chi connectivity index (χ0n) is 19.6. The van der Waals surface area contributed by atoms with Crippen molar-refractivity contribution in [3.63, 3.8) is 0 Å². The highest BCUT2D eigenvalue weighted by Gasteiger charge is 2.39. The van der Waals surface area contributed by atoms with Gasteiger partial charge in [0.2, 0.25) is 5.96 Å². The third kappa shape index (κ3) is 4.53. The Labute approximate surface area is 206 Å². The molecule has 0 radical (unpaired) electrons. The van der Waals surface area contributed by atoms with Crippen LogP contribution < -0.4 is 9.80 Å². The Morgan fingerprint density at radius 1 is 0.882 bits per heavy atom. The van der Waals surface area contributed by atoms with Gasteiger partial charge in [-0.1, -0.05) is 65.7 Å². The second-order valence-corrected chi connectivity index (χ2v) is 9.49. The molecule has 1 atom stereocenters. The van der Waals surface area contributed by atoms with Gasteiger partial charge in [0.1, 0.15) is 6.04 Å². The molecule has 3 aromatic rings. The largest absolute Gasteiger partial charge is 0.368 e. The van der Waals surface area contributed by atoms with Gasteiger partial charge in [0.05, 0.1) is 5.69 Å². The molecule has 5 rings (SSSR count). The second-order valence-electron chi connectivity index (χ2n) is 9.05. The van der Waals surface area contributed by atoms with Crippen LogP contribution in [0.1, 0.15) is 16.7 Å². The van der Waals surface area contributed by atoms with Crippen LogP contribution in [0.2, 0.25) is 5.02 Å². The maximum Gasteiger partial charge on any atom is 0.259 e. The van der Waals surface area contributed by atoms with Crippen LogP contribution in [0.25, 0.3) is 0 Å². The summed E-state index contributed by atoms with van der Waals surface area (Å²) in [6.45, 7) is 7.41. The standard InChI is InChI=1S/C28H29ClN4O/c1-20-11-12-26(21(2)17-20)33-27(34)25(18-22-7-4-3-5-8-22)30-28(33)32-15-13-31(14-16-32)24-10-6-9-23(29)19-24/h3-12,17,19,25H,13-16,18H2,1-2H3. The summed E-state index contributed by atoms with van der Waals surface area (Å²) in [6, 6.07) is 23.9. The van der Waals surface area contributed by atoms with Gasteiger partial charge in [-0.2, -0.15) is 0 Å². The van der Waals surface area contributed by atoms with E-state index in [1.54, 1.807) is 0 Å². The molecular formula is C28H29ClN4O. The summed E-state index contributed by atoms with van der Waals surface area (Å²) in [6.07, 6.45) is 0.604. The molecule has 0 aromatic heterocycles. The van der Waals surface area contributed by atoms with Gasteiger partial charge < -0.3 is 9.80 Å². The van der Waals surface area contributed by atoms with Crippen LogP contribution in [-0.2, 0) is 11.2 Å². The number of benzene rings is 3. The molecule has 2 heterocycles. The molecule has 1 amide bonds. The van der Waals surface area contributed by atoms with Crippen molar-refractivity contribution in [3.05, 3.63) is 94.5 Å². The molecule has 2 aliphatic rings. The van der Waals surface area contributed by atoms with E-state index < -0.39 is 6.04 Å². The highest BCUT2D eigenvalue weighted by atomic mass is 35.5. The summed E-state index contributed by atoms with van der Waals surface area (Å²) in [4.78, 5) is 25.1. The van der Waals surface area contributed by atoms with Gasteiger partial charge in [-0.25, -0.2) is 9.89 Å². The van der Waals surface area contributed by atoms with Crippen LogP contribution in [0, 0.1) is 13.8 Å². The number of anilines is 2. The summed E-state index contributed by atoms with van der Waals surface area (Å²) >= 11 is 6.21. The number of carbonyl (C=O) groups excluding carboxylic acids is 1. The molecule has 3 aromatic carbocycles. The van der Waals surface area contributed by atoms with Gasteiger partial charge in [0.15, 0.2) is 0 Å². The predicted octanol–water partition coefficient (Wildman–Crippen LogP) is 5.09. The van der Waals surface area contributed by atoms with E-state index in [4.69, 9.17) is 16.6 Å². The normalized spacial score (nSPS) is 18.4. The van der Waals surface area contributed by atoms with E-state index in [2.05, 4.69) is 54.0 Å². The van der Waals surface area contributed by atoms with Gasteiger partial charge in [-0.3, -0.25) is 4.79 Å². The topological polar surface area (TPSA) is 39.2 Å². The van der Waals surface area contributed by atoms with Crippen molar-refractivity contribution in [2.45, 2.75) is 26.3 Å². The number of aryl methyl sites for hydroxylation is 2. The molecule has 0 spiro atoms. The molecule has 5 nitrogen and oxygen atoms in total. The number of piperazine rings is 1. The monoisotopic (exact) mass is 472 g/mol. The first-order valence-electron chi connectivity index (χ1n) is 11.8. The molecule has 0 saturated carbocycles. The number of guanidine groups is 1. The fourth-order valence-electron chi connectivity index (χ4n) is 4.81. The van der Waals surface area contributed by atoms with Crippen molar-refractivity contribution in [2.24, 2.45) is 4.99 Å². The quantitative estimate of drug-likeness (QED) is 0.530. The first-order valence-corrected chi connectivity index (χ1v) is 12.2. The molecule has 2 aliphatic heterocycles. The molecular weight excluding hydrogens is 444 g/mol. The second kappa shape index (κ2) is 9.51. The average molecular weight is 473 g/mol. The third-order valence-electron chi connectivity index (χ3n) is 6.58. The van der Waals surface area contributed by atoms with E-state index in [9.17, 15) is 4.79 Å². The first-order chi connectivity index (χ1) is 16.5. The number of amides is 1. The van der Waals surface area contributed by atoms with Crippen molar-refractivity contribution < 1.29 is 4.79 Å². The number of hydrogen-bond donors (Lipinski definition) is 0. The minimum Gasteiger partial charge on any atom is -0.368 e. The van der Waals surface area contributed by atoms with E-state index in [-0.39, 0.29) is 5.91 Å². The van der Waals surface area contributed by atoms with Gasteiger partial charge in [0.25, 0.3) is 5.91 Å². The van der Waals surface area contributed by atoms with Gasteiger partial charge in [0, 0.05) is 43.3 Å². The molecule has 0 N–H and O–H groups in total. The van der Waals surface area contributed by atoms with Gasteiger partial charge in [-0.15, -0.1) is 0 Å². The summed E-state index contributed by atoms with van der Waals surface area (Å²) < 4.78 is 0. The Bertz CT molecular complexity index is 1220. The SMILES string of the molecule is Cc1ccc(N2C(=O)C(Cc3ccccc3)N=C2N2CCN(c3cccc(Cl)c3)CC2)c(C)c1. The highest BCUT2D eigenvalue weighted by molar-refractivity contribution is 6.30. The number of rotatable bonds is 4. The van der Waals surface area contributed by atoms with E-state index >= 15 is 0 Å². The average Bonchev–Trinajstić information content (AvgIpc) is 3.15. The lowest BCUT2D eigenvalue weighted by atomic mass is 10.1. The number of nitrogens with zero attached hydrogens (tertiary/aromatic N) is 4. The van der Waals surface area contributed by atoms with Crippen molar-refractivity contribution >= 4 is 34.8 Å². The lowest BCUT2D eigenvalue weighted by molar-refractivity contribution is -0.118. The number of halogens is 1. The summed E-state index contributed by atoms with van der Waals surface area (Å²) in [7, 11) is 0. The summed E-state index contributed by atoms with van der Waals surface area (Å²) in [5, 5.41) is 0.746. The fourth-order valence-corrected chi connectivity index (χ4v) is 5.00.